The summed E-state index contributed by atoms with van der Waals surface area (Å²) in [4.78, 5) is 3.95. The van der Waals surface area contributed by atoms with Crippen LogP contribution in [0.3, 0.4) is 0 Å². The van der Waals surface area contributed by atoms with E-state index >= 15 is 0 Å². The van der Waals surface area contributed by atoms with Gasteiger partial charge in [0, 0.05) is 18.1 Å². The zero-order chi connectivity index (χ0) is 9.80. The van der Waals surface area contributed by atoms with E-state index in [2.05, 4.69) is 10.3 Å². The Morgan fingerprint density at radius 3 is 2.64 bits per heavy atom. The zero-order valence-electron chi connectivity index (χ0n) is 8.19. The van der Waals surface area contributed by atoms with Gasteiger partial charge < -0.3 is 10.4 Å². The third-order valence-electron chi connectivity index (χ3n) is 2.76. The highest BCUT2D eigenvalue weighted by Gasteiger charge is 2.22. The smallest absolute Gasteiger partial charge is 0.0741 e. The Bertz CT molecular complexity index is 276. The van der Waals surface area contributed by atoms with Crippen LogP contribution in [0.4, 0.5) is 5.69 Å². The molecule has 2 atom stereocenters. The molecule has 1 aromatic heterocycles. The van der Waals surface area contributed by atoms with Gasteiger partial charge in [0.05, 0.1) is 12.1 Å². The van der Waals surface area contributed by atoms with Crippen molar-refractivity contribution in [3.05, 3.63) is 24.5 Å². The summed E-state index contributed by atoms with van der Waals surface area (Å²) < 4.78 is 0. The zero-order valence-corrected chi connectivity index (χ0v) is 8.19. The molecule has 0 bridgehead atoms. The van der Waals surface area contributed by atoms with Crippen LogP contribution < -0.4 is 5.32 Å². The van der Waals surface area contributed by atoms with Gasteiger partial charge in [-0.3, -0.25) is 4.98 Å². The molecule has 0 amide bonds. The van der Waals surface area contributed by atoms with Crippen molar-refractivity contribution in [1.82, 2.24) is 4.98 Å². The molecule has 76 valence electrons. The van der Waals surface area contributed by atoms with E-state index in [9.17, 15) is 5.11 Å². The first-order chi connectivity index (χ1) is 6.86. The van der Waals surface area contributed by atoms with E-state index in [1.807, 2.05) is 12.1 Å². The lowest BCUT2D eigenvalue weighted by atomic mass is 9.92. The van der Waals surface area contributed by atoms with E-state index in [0.717, 1.165) is 24.9 Å². The predicted molar refractivity (Wildman–Crippen MR) is 56.1 cm³/mol. The van der Waals surface area contributed by atoms with Gasteiger partial charge in [0.15, 0.2) is 0 Å². The number of aromatic nitrogens is 1. The summed E-state index contributed by atoms with van der Waals surface area (Å²) in [6, 6.07) is 4.08. The molecule has 0 aliphatic heterocycles. The van der Waals surface area contributed by atoms with Crippen molar-refractivity contribution in [1.29, 1.82) is 0 Å². The SMILES string of the molecule is O[C@H]1CCCC[C@@H]1Nc1ccncc1. The van der Waals surface area contributed by atoms with Crippen LogP contribution in [-0.2, 0) is 0 Å². The topological polar surface area (TPSA) is 45.1 Å². The summed E-state index contributed by atoms with van der Waals surface area (Å²) in [5, 5.41) is 13.1. The van der Waals surface area contributed by atoms with Crippen LogP contribution in [0.2, 0.25) is 0 Å². The average molecular weight is 192 g/mol. The summed E-state index contributed by atoms with van der Waals surface area (Å²) >= 11 is 0. The molecule has 2 rings (SSSR count). The number of pyridine rings is 1. The maximum Gasteiger partial charge on any atom is 0.0741 e. The van der Waals surface area contributed by atoms with E-state index in [1.165, 1.54) is 6.42 Å². The van der Waals surface area contributed by atoms with Crippen molar-refractivity contribution in [3.8, 4) is 0 Å². The fraction of sp³-hybridized carbons (Fsp3) is 0.545. The summed E-state index contributed by atoms with van der Waals surface area (Å²) in [7, 11) is 0. The van der Waals surface area contributed by atoms with Gasteiger partial charge in [0.2, 0.25) is 0 Å². The quantitative estimate of drug-likeness (QED) is 0.751. The molecular weight excluding hydrogens is 176 g/mol. The normalized spacial score (nSPS) is 27.2. The fourth-order valence-electron chi connectivity index (χ4n) is 1.94. The first kappa shape index (κ1) is 9.46. The number of aliphatic hydroxyl groups is 1. The first-order valence-corrected chi connectivity index (χ1v) is 5.21. The molecule has 1 aliphatic rings. The van der Waals surface area contributed by atoms with Gasteiger partial charge in [-0.15, -0.1) is 0 Å². The molecule has 3 nitrogen and oxygen atoms in total. The molecule has 3 heteroatoms. The van der Waals surface area contributed by atoms with Crippen molar-refractivity contribution in [2.75, 3.05) is 5.32 Å². The number of nitrogens with one attached hydrogen (secondary N) is 1. The van der Waals surface area contributed by atoms with Crippen molar-refractivity contribution in [2.45, 2.75) is 37.8 Å². The molecule has 1 saturated carbocycles. The Balaban J connectivity index is 1.96. The van der Waals surface area contributed by atoms with Crippen LogP contribution in [0.1, 0.15) is 25.7 Å². The van der Waals surface area contributed by atoms with Crippen molar-refractivity contribution in [2.24, 2.45) is 0 Å². The maximum atomic E-state index is 9.75. The predicted octanol–water partition coefficient (Wildman–Crippen LogP) is 1.80. The minimum Gasteiger partial charge on any atom is -0.391 e. The van der Waals surface area contributed by atoms with Gasteiger partial charge in [-0.25, -0.2) is 0 Å². The number of aliphatic hydroxyl groups excluding tert-OH is 1. The highest BCUT2D eigenvalue weighted by Crippen LogP contribution is 2.21. The molecular formula is C11H16N2O. The van der Waals surface area contributed by atoms with Gasteiger partial charge in [-0.2, -0.15) is 0 Å². The molecule has 1 aromatic rings. The van der Waals surface area contributed by atoms with Crippen molar-refractivity contribution >= 4 is 5.69 Å². The summed E-state index contributed by atoms with van der Waals surface area (Å²) in [6.45, 7) is 0. The van der Waals surface area contributed by atoms with Crippen LogP contribution in [0.25, 0.3) is 0 Å². The number of nitrogens with zero attached hydrogens (tertiary/aromatic N) is 1. The largest absolute Gasteiger partial charge is 0.391 e. The van der Waals surface area contributed by atoms with Crippen LogP contribution >= 0.6 is 0 Å². The molecule has 0 aromatic carbocycles. The second kappa shape index (κ2) is 4.42. The summed E-state index contributed by atoms with van der Waals surface area (Å²) in [5.74, 6) is 0. The van der Waals surface area contributed by atoms with E-state index in [-0.39, 0.29) is 12.1 Å². The second-order valence-corrected chi connectivity index (χ2v) is 3.84. The molecule has 0 saturated heterocycles. The molecule has 1 heterocycles. The first-order valence-electron chi connectivity index (χ1n) is 5.21. The monoisotopic (exact) mass is 192 g/mol. The van der Waals surface area contributed by atoms with Gasteiger partial charge in [-0.05, 0) is 25.0 Å². The minimum absolute atomic E-state index is 0.197. The Hall–Kier alpha value is -1.09. The van der Waals surface area contributed by atoms with Crippen molar-refractivity contribution in [3.63, 3.8) is 0 Å². The van der Waals surface area contributed by atoms with Gasteiger partial charge in [-0.1, -0.05) is 12.8 Å². The third-order valence-corrected chi connectivity index (χ3v) is 2.76. The lowest BCUT2D eigenvalue weighted by Crippen LogP contribution is -2.36. The molecule has 14 heavy (non-hydrogen) atoms. The van der Waals surface area contributed by atoms with Gasteiger partial charge in [0.25, 0.3) is 0 Å². The highest BCUT2D eigenvalue weighted by molar-refractivity contribution is 5.42. The Morgan fingerprint density at radius 1 is 1.21 bits per heavy atom. The Labute approximate surface area is 84.2 Å². The molecule has 0 radical (unpaired) electrons. The molecule has 0 unspecified atom stereocenters. The van der Waals surface area contributed by atoms with E-state index in [4.69, 9.17) is 0 Å². The highest BCUT2D eigenvalue weighted by atomic mass is 16.3. The molecule has 1 fully saturated rings. The number of hydrogen-bond acceptors (Lipinski definition) is 3. The summed E-state index contributed by atoms with van der Waals surface area (Å²) in [6.07, 6.45) is 7.66. The van der Waals surface area contributed by atoms with Gasteiger partial charge >= 0.3 is 0 Å². The molecule has 0 spiro atoms. The Morgan fingerprint density at radius 2 is 1.93 bits per heavy atom. The number of rotatable bonds is 2. The lowest BCUT2D eigenvalue weighted by molar-refractivity contribution is 0.116. The number of hydrogen-bond donors (Lipinski definition) is 2. The van der Waals surface area contributed by atoms with E-state index in [1.54, 1.807) is 12.4 Å². The third kappa shape index (κ3) is 2.23. The summed E-state index contributed by atoms with van der Waals surface area (Å²) in [5.41, 5.74) is 1.05. The van der Waals surface area contributed by atoms with E-state index in [0.29, 0.717) is 0 Å². The fourth-order valence-corrected chi connectivity index (χ4v) is 1.94. The van der Waals surface area contributed by atoms with Crippen LogP contribution in [-0.4, -0.2) is 22.2 Å². The molecule has 1 aliphatic carbocycles. The standard InChI is InChI=1S/C11H16N2O/c14-11-4-2-1-3-10(11)13-9-5-7-12-8-6-9/h5-8,10-11,14H,1-4H2,(H,12,13)/t10-,11-/m0/s1. The van der Waals surface area contributed by atoms with Crippen LogP contribution in [0, 0.1) is 0 Å². The van der Waals surface area contributed by atoms with Crippen LogP contribution in [0.15, 0.2) is 24.5 Å². The maximum absolute atomic E-state index is 9.75. The lowest BCUT2D eigenvalue weighted by Gasteiger charge is -2.29. The van der Waals surface area contributed by atoms with Crippen LogP contribution in [0.5, 0.6) is 0 Å². The van der Waals surface area contributed by atoms with Gasteiger partial charge in [0.1, 0.15) is 0 Å². The second-order valence-electron chi connectivity index (χ2n) is 3.84. The molecule has 2 N–H and O–H groups in total. The Kier molecular flexibility index (Phi) is 2.99. The average Bonchev–Trinajstić information content (AvgIpc) is 2.23. The van der Waals surface area contributed by atoms with E-state index < -0.39 is 0 Å². The van der Waals surface area contributed by atoms with Crippen molar-refractivity contribution < 1.29 is 5.11 Å². The number of anilines is 1. The minimum atomic E-state index is -0.197.